The lowest BCUT2D eigenvalue weighted by Crippen LogP contribution is -2.31. The fourth-order valence-electron chi connectivity index (χ4n) is 2.43. The van der Waals surface area contributed by atoms with Crippen molar-refractivity contribution >= 4 is 34.4 Å². The van der Waals surface area contributed by atoms with Crippen LogP contribution in [0.5, 0.6) is 0 Å². The van der Waals surface area contributed by atoms with E-state index in [1.165, 1.54) is 0 Å². The first-order valence-electron chi connectivity index (χ1n) is 6.41. The van der Waals surface area contributed by atoms with E-state index in [4.69, 9.17) is 17.3 Å². The van der Waals surface area contributed by atoms with Crippen LogP contribution < -0.4 is 11.1 Å². The van der Waals surface area contributed by atoms with Crippen LogP contribution in [0.1, 0.15) is 11.7 Å². The number of guanidine groups is 1. The number of nitrogens with one attached hydrogen (secondary N) is 1. The van der Waals surface area contributed by atoms with Gasteiger partial charge in [-0.2, -0.15) is 0 Å². The molecule has 0 bridgehead atoms. The Morgan fingerprint density at radius 3 is 2.81 bits per heavy atom. The number of nitrogens with zero attached hydrogens (tertiary/aromatic N) is 4. The Bertz CT molecular complexity index is 852. The summed E-state index contributed by atoms with van der Waals surface area (Å²) in [7, 11) is 0. The lowest BCUT2D eigenvalue weighted by Gasteiger charge is -2.22. The first-order chi connectivity index (χ1) is 10.2. The molecule has 21 heavy (non-hydrogen) atoms. The van der Waals surface area contributed by atoms with Crippen LogP contribution >= 0.6 is 11.6 Å². The third-order valence-corrected chi connectivity index (χ3v) is 3.63. The first kappa shape index (κ1) is 12.2. The highest BCUT2D eigenvalue weighted by Crippen LogP contribution is 2.32. The molecule has 7 heteroatoms. The van der Waals surface area contributed by atoms with Gasteiger partial charge in [0, 0.05) is 11.2 Å². The number of hydrogen-bond donors (Lipinski definition) is 2. The number of nitrogens with two attached hydrogens (primary N) is 1. The summed E-state index contributed by atoms with van der Waals surface area (Å²) in [6, 6.07) is 11.3. The monoisotopic (exact) mass is 298 g/mol. The molecule has 1 atom stereocenters. The second-order valence-corrected chi connectivity index (χ2v) is 5.17. The Labute approximate surface area is 125 Å². The number of fused-ring (bicyclic) bond motifs is 3. The third-order valence-electron chi connectivity index (χ3n) is 3.38. The quantitative estimate of drug-likeness (QED) is 0.722. The molecule has 6 nitrogen and oxygen atoms in total. The Morgan fingerprint density at radius 1 is 1.19 bits per heavy atom. The van der Waals surface area contributed by atoms with Crippen LogP contribution in [0.2, 0.25) is 5.02 Å². The molecule has 0 fully saturated rings. The van der Waals surface area contributed by atoms with E-state index in [0.717, 1.165) is 16.8 Å². The number of rotatable bonds is 1. The van der Waals surface area contributed by atoms with E-state index in [1.54, 1.807) is 10.9 Å². The van der Waals surface area contributed by atoms with Crippen LogP contribution in [-0.4, -0.2) is 20.7 Å². The van der Waals surface area contributed by atoms with Gasteiger partial charge in [-0.05, 0) is 29.8 Å². The minimum atomic E-state index is -0.326. The predicted molar refractivity (Wildman–Crippen MR) is 82.4 cm³/mol. The van der Waals surface area contributed by atoms with E-state index in [2.05, 4.69) is 20.4 Å². The van der Waals surface area contributed by atoms with Crippen LogP contribution in [0, 0.1) is 0 Å². The van der Waals surface area contributed by atoms with Crippen molar-refractivity contribution in [3.05, 3.63) is 53.2 Å². The Balaban J connectivity index is 1.92. The van der Waals surface area contributed by atoms with Crippen molar-refractivity contribution in [2.24, 2.45) is 10.7 Å². The number of aromatic nitrogens is 3. The predicted octanol–water partition coefficient (Wildman–Crippen LogP) is 2.37. The summed E-state index contributed by atoms with van der Waals surface area (Å²) < 4.78 is 1.79. The van der Waals surface area contributed by atoms with Gasteiger partial charge >= 0.3 is 0 Å². The van der Waals surface area contributed by atoms with Crippen molar-refractivity contribution in [3.63, 3.8) is 0 Å². The maximum absolute atomic E-state index is 5.94. The maximum atomic E-state index is 5.94. The summed E-state index contributed by atoms with van der Waals surface area (Å²) in [6.07, 6.45) is 1.38. The zero-order valence-corrected chi connectivity index (χ0v) is 11.6. The van der Waals surface area contributed by atoms with Crippen LogP contribution in [0.3, 0.4) is 0 Å². The van der Waals surface area contributed by atoms with Crippen molar-refractivity contribution in [2.45, 2.75) is 6.17 Å². The van der Waals surface area contributed by atoms with Crippen LogP contribution in [-0.2, 0) is 0 Å². The molecule has 0 unspecified atom stereocenters. The molecule has 0 saturated carbocycles. The van der Waals surface area contributed by atoms with Gasteiger partial charge in [0.25, 0.3) is 0 Å². The number of aliphatic imine (C=N–C) groups is 1. The summed E-state index contributed by atoms with van der Waals surface area (Å²) in [5.74, 6) is 1.15. The van der Waals surface area contributed by atoms with Gasteiger partial charge in [0.15, 0.2) is 17.8 Å². The van der Waals surface area contributed by atoms with Gasteiger partial charge < -0.3 is 11.1 Å². The van der Waals surface area contributed by atoms with Crippen LogP contribution in [0.4, 0.5) is 5.82 Å². The Morgan fingerprint density at radius 2 is 2.00 bits per heavy atom. The molecule has 0 radical (unpaired) electrons. The second-order valence-electron chi connectivity index (χ2n) is 4.73. The third kappa shape index (κ3) is 1.92. The Kier molecular flexibility index (Phi) is 2.58. The molecule has 4 rings (SSSR count). The zero-order chi connectivity index (χ0) is 14.4. The second kappa shape index (κ2) is 4.46. The van der Waals surface area contributed by atoms with E-state index >= 15 is 0 Å². The van der Waals surface area contributed by atoms with E-state index in [1.807, 2.05) is 36.4 Å². The van der Waals surface area contributed by atoms with Crippen molar-refractivity contribution < 1.29 is 0 Å². The maximum Gasteiger partial charge on any atom is 0.196 e. The van der Waals surface area contributed by atoms with Crippen molar-refractivity contribution in [2.75, 3.05) is 5.32 Å². The van der Waals surface area contributed by atoms with Gasteiger partial charge in [-0.25, -0.2) is 14.7 Å². The van der Waals surface area contributed by atoms with Crippen molar-refractivity contribution in [1.29, 1.82) is 0 Å². The summed E-state index contributed by atoms with van der Waals surface area (Å²) in [4.78, 5) is 8.70. The van der Waals surface area contributed by atoms with Gasteiger partial charge in [-0.3, -0.25) is 0 Å². The molecule has 0 spiro atoms. The van der Waals surface area contributed by atoms with Gasteiger partial charge in [0.05, 0.1) is 5.39 Å². The van der Waals surface area contributed by atoms with E-state index in [-0.39, 0.29) is 6.17 Å². The van der Waals surface area contributed by atoms with Gasteiger partial charge in [0.1, 0.15) is 5.82 Å². The average molecular weight is 299 g/mol. The molecule has 0 aliphatic carbocycles. The summed E-state index contributed by atoms with van der Waals surface area (Å²) >= 11 is 5.94. The zero-order valence-electron chi connectivity index (χ0n) is 10.9. The van der Waals surface area contributed by atoms with Crippen LogP contribution in [0.15, 0.2) is 47.6 Å². The lowest BCUT2D eigenvalue weighted by atomic mass is 10.1. The highest BCUT2D eigenvalue weighted by atomic mass is 35.5. The minimum absolute atomic E-state index is 0.326. The highest BCUT2D eigenvalue weighted by Gasteiger charge is 2.25. The number of halogens is 1. The van der Waals surface area contributed by atoms with Crippen LogP contribution in [0.25, 0.3) is 11.0 Å². The number of benzene rings is 1. The molecule has 1 aliphatic heterocycles. The molecule has 3 heterocycles. The molecular formula is C14H11ClN6. The summed E-state index contributed by atoms with van der Waals surface area (Å²) in [5.41, 5.74) is 7.52. The molecule has 104 valence electrons. The van der Waals surface area contributed by atoms with E-state index in [0.29, 0.717) is 16.6 Å². The summed E-state index contributed by atoms with van der Waals surface area (Å²) in [5, 5.41) is 9.16. The van der Waals surface area contributed by atoms with Crippen molar-refractivity contribution in [3.8, 4) is 0 Å². The smallest absolute Gasteiger partial charge is 0.196 e. The highest BCUT2D eigenvalue weighted by molar-refractivity contribution is 6.30. The Hall–Kier alpha value is -2.60. The van der Waals surface area contributed by atoms with Crippen molar-refractivity contribution in [1.82, 2.24) is 14.8 Å². The van der Waals surface area contributed by atoms with E-state index < -0.39 is 0 Å². The van der Waals surface area contributed by atoms with Gasteiger partial charge in [-0.1, -0.05) is 23.7 Å². The standard InChI is InChI=1S/C14H11ClN6/c15-9-5-3-8(4-6-9)12-18-14(16)19-13-10-2-1-7-17-11(10)20-21(12)13/h1-7,12H,(H3,16,18,19)/t12-/m0/s1. The average Bonchev–Trinajstić information content (AvgIpc) is 2.86. The van der Waals surface area contributed by atoms with Gasteiger partial charge in [-0.15, -0.1) is 5.10 Å². The fourth-order valence-corrected chi connectivity index (χ4v) is 2.56. The van der Waals surface area contributed by atoms with Gasteiger partial charge in [0.2, 0.25) is 0 Å². The largest absolute Gasteiger partial charge is 0.370 e. The molecule has 1 aromatic carbocycles. The molecule has 0 amide bonds. The number of pyridine rings is 1. The number of anilines is 1. The first-order valence-corrected chi connectivity index (χ1v) is 6.79. The normalized spacial score (nSPS) is 17.2. The van der Waals surface area contributed by atoms with E-state index in [9.17, 15) is 0 Å². The summed E-state index contributed by atoms with van der Waals surface area (Å²) in [6.45, 7) is 0. The fraction of sp³-hybridized carbons (Fsp3) is 0.0714. The molecular weight excluding hydrogens is 288 g/mol. The molecule has 3 N–H and O–H groups in total. The number of hydrogen-bond acceptors (Lipinski definition) is 5. The minimum Gasteiger partial charge on any atom is -0.370 e. The lowest BCUT2D eigenvalue weighted by molar-refractivity contribution is 0.546. The molecule has 0 saturated heterocycles. The SMILES string of the molecule is NC1=N[C@H](c2ccc(Cl)cc2)n2nc3ncccc3c2N1. The topological polar surface area (TPSA) is 81.1 Å². The molecule has 3 aromatic rings. The molecule has 2 aromatic heterocycles. The molecule has 1 aliphatic rings.